The first-order chi connectivity index (χ1) is 7.15. The molecule has 0 aliphatic carbocycles. The van der Waals surface area contributed by atoms with E-state index in [9.17, 15) is 0 Å². The third kappa shape index (κ3) is 2.70. The summed E-state index contributed by atoms with van der Waals surface area (Å²) < 4.78 is 0. The predicted molar refractivity (Wildman–Crippen MR) is 69.7 cm³/mol. The molecule has 15 heavy (non-hydrogen) atoms. The van der Waals surface area contributed by atoms with Gasteiger partial charge in [0.2, 0.25) is 0 Å². The van der Waals surface area contributed by atoms with E-state index in [0.717, 1.165) is 10.8 Å². The fraction of sp³-hybridized carbons (Fsp3) is 0.333. The molecule has 2 rings (SSSR count). The molecule has 0 radical (unpaired) electrons. The van der Waals surface area contributed by atoms with Crippen molar-refractivity contribution < 1.29 is 0 Å². The van der Waals surface area contributed by atoms with E-state index >= 15 is 0 Å². The fourth-order valence-electron chi connectivity index (χ4n) is 1.50. The van der Waals surface area contributed by atoms with Crippen molar-refractivity contribution in [2.24, 2.45) is 0 Å². The number of benzene rings is 1. The summed E-state index contributed by atoms with van der Waals surface area (Å²) >= 11 is 7.88. The molecule has 1 aromatic heterocycles. The largest absolute Gasteiger partial charge is 0.358 e. The van der Waals surface area contributed by atoms with Crippen LogP contribution in [0.4, 0.5) is 0 Å². The second kappa shape index (κ2) is 4.50. The standard InChI is InChI=1S/C12H14ClNS/c1-8(2)15-7-11-6-9-5-10(13)3-4-12(9)14-11/h3-6,8,14H,7H2,1-2H3. The van der Waals surface area contributed by atoms with Gasteiger partial charge in [-0.15, -0.1) is 0 Å². The molecular formula is C12H14ClNS. The van der Waals surface area contributed by atoms with Gasteiger partial charge in [0.05, 0.1) is 0 Å². The van der Waals surface area contributed by atoms with E-state index in [0.29, 0.717) is 5.25 Å². The SMILES string of the molecule is CC(C)SCc1cc2cc(Cl)ccc2[nH]1. The van der Waals surface area contributed by atoms with E-state index in [2.05, 4.69) is 24.9 Å². The Morgan fingerprint density at radius 1 is 1.33 bits per heavy atom. The molecule has 1 aromatic carbocycles. The number of nitrogens with one attached hydrogen (secondary N) is 1. The Morgan fingerprint density at radius 2 is 2.13 bits per heavy atom. The molecule has 1 heterocycles. The second-order valence-electron chi connectivity index (χ2n) is 3.89. The van der Waals surface area contributed by atoms with E-state index in [1.54, 1.807) is 0 Å². The highest BCUT2D eigenvalue weighted by Crippen LogP contribution is 2.23. The summed E-state index contributed by atoms with van der Waals surface area (Å²) in [5.41, 5.74) is 2.43. The lowest BCUT2D eigenvalue weighted by Gasteiger charge is -2.01. The average molecular weight is 240 g/mol. The number of rotatable bonds is 3. The summed E-state index contributed by atoms with van der Waals surface area (Å²) in [7, 11) is 0. The lowest BCUT2D eigenvalue weighted by Crippen LogP contribution is -1.88. The summed E-state index contributed by atoms with van der Waals surface area (Å²) in [4.78, 5) is 3.40. The van der Waals surface area contributed by atoms with Crippen molar-refractivity contribution in [3.63, 3.8) is 0 Å². The number of H-pyrrole nitrogens is 1. The van der Waals surface area contributed by atoms with Gasteiger partial charge < -0.3 is 4.98 Å². The quantitative estimate of drug-likeness (QED) is 0.836. The van der Waals surface area contributed by atoms with E-state index in [1.165, 1.54) is 16.6 Å². The minimum atomic E-state index is 0.667. The van der Waals surface area contributed by atoms with Gasteiger partial charge in [0.1, 0.15) is 0 Å². The molecular weight excluding hydrogens is 226 g/mol. The van der Waals surface area contributed by atoms with Gasteiger partial charge in [0.25, 0.3) is 0 Å². The van der Waals surface area contributed by atoms with Gasteiger partial charge in [0, 0.05) is 27.4 Å². The molecule has 0 bridgehead atoms. The fourth-order valence-corrected chi connectivity index (χ4v) is 2.35. The zero-order valence-electron chi connectivity index (χ0n) is 8.88. The Hall–Kier alpha value is -0.600. The molecule has 1 nitrogen and oxygen atoms in total. The molecule has 2 aromatic rings. The topological polar surface area (TPSA) is 15.8 Å². The molecule has 0 fully saturated rings. The van der Waals surface area contributed by atoms with Crippen LogP contribution in [0.5, 0.6) is 0 Å². The second-order valence-corrected chi connectivity index (χ2v) is 5.89. The number of aromatic nitrogens is 1. The van der Waals surface area contributed by atoms with Crippen LogP contribution in [0, 0.1) is 0 Å². The molecule has 0 atom stereocenters. The number of halogens is 1. The van der Waals surface area contributed by atoms with E-state index < -0.39 is 0 Å². The number of fused-ring (bicyclic) bond motifs is 1. The van der Waals surface area contributed by atoms with Crippen LogP contribution in [0.15, 0.2) is 24.3 Å². The summed E-state index contributed by atoms with van der Waals surface area (Å²) in [5.74, 6) is 1.03. The smallest absolute Gasteiger partial charge is 0.0457 e. The van der Waals surface area contributed by atoms with Gasteiger partial charge >= 0.3 is 0 Å². The van der Waals surface area contributed by atoms with Crippen molar-refractivity contribution in [1.82, 2.24) is 4.98 Å². The normalized spacial score (nSPS) is 11.5. The highest BCUT2D eigenvalue weighted by molar-refractivity contribution is 7.99. The van der Waals surface area contributed by atoms with Crippen molar-refractivity contribution in [3.05, 3.63) is 35.0 Å². The molecule has 0 saturated carbocycles. The molecule has 80 valence electrons. The molecule has 0 saturated heterocycles. The minimum Gasteiger partial charge on any atom is -0.358 e. The Balaban J connectivity index is 2.23. The van der Waals surface area contributed by atoms with Crippen LogP contribution in [-0.4, -0.2) is 10.2 Å². The Bertz CT molecular complexity index is 462. The number of hydrogen-bond donors (Lipinski definition) is 1. The zero-order valence-corrected chi connectivity index (χ0v) is 10.5. The lowest BCUT2D eigenvalue weighted by molar-refractivity contribution is 1.10. The van der Waals surface area contributed by atoms with Crippen molar-refractivity contribution in [1.29, 1.82) is 0 Å². The van der Waals surface area contributed by atoms with Crippen molar-refractivity contribution in [2.75, 3.05) is 0 Å². The van der Waals surface area contributed by atoms with Gasteiger partial charge in [-0.2, -0.15) is 11.8 Å². The van der Waals surface area contributed by atoms with Crippen LogP contribution in [0.2, 0.25) is 5.02 Å². The first kappa shape index (κ1) is 10.9. The van der Waals surface area contributed by atoms with E-state index in [4.69, 9.17) is 11.6 Å². The van der Waals surface area contributed by atoms with Crippen LogP contribution in [-0.2, 0) is 5.75 Å². The summed E-state index contributed by atoms with van der Waals surface area (Å²) in [6.45, 7) is 4.42. The highest BCUT2D eigenvalue weighted by Gasteiger charge is 2.02. The molecule has 0 aliphatic rings. The number of thioether (sulfide) groups is 1. The van der Waals surface area contributed by atoms with Crippen LogP contribution in [0.1, 0.15) is 19.5 Å². The summed E-state index contributed by atoms with van der Waals surface area (Å²) in [6.07, 6.45) is 0. The summed E-state index contributed by atoms with van der Waals surface area (Å²) in [5, 5.41) is 2.66. The maximum Gasteiger partial charge on any atom is 0.0457 e. The van der Waals surface area contributed by atoms with Crippen molar-refractivity contribution in [2.45, 2.75) is 24.9 Å². The highest BCUT2D eigenvalue weighted by atomic mass is 35.5. The maximum absolute atomic E-state index is 5.94. The Morgan fingerprint density at radius 3 is 2.87 bits per heavy atom. The molecule has 0 unspecified atom stereocenters. The van der Waals surface area contributed by atoms with Gasteiger partial charge in [0.15, 0.2) is 0 Å². The van der Waals surface area contributed by atoms with Crippen molar-refractivity contribution >= 4 is 34.3 Å². The van der Waals surface area contributed by atoms with Gasteiger partial charge in [-0.3, -0.25) is 0 Å². The molecule has 1 N–H and O–H groups in total. The van der Waals surface area contributed by atoms with Crippen LogP contribution in [0.3, 0.4) is 0 Å². The molecule has 0 spiro atoms. The number of hydrogen-bond acceptors (Lipinski definition) is 1. The molecule has 0 aliphatic heterocycles. The van der Waals surface area contributed by atoms with E-state index in [1.807, 2.05) is 30.0 Å². The van der Waals surface area contributed by atoms with Gasteiger partial charge in [-0.05, 0) is 29.5 Å². The third-order valence-electron chi connectivity index (χ3n) is 2.21. The zero-order chi connectivity index (χ0) is 10.8. The van der Waals surface area contributed by atoms with E-state index in [-0.39, 0.29) is 0 Å². The lowest BCUT2D eigenvalue weighted by atomic mass is 10.2. The van der Waals surface area contributed by atoms with Gasteiger partial charge in [-0.25, -0.2) is 0 Å². The maximum atomic E-state index is 5.94. The first-order valence-corrected chi connectivity index (χ1v) is 6.46. The number of aromatic amines is 1. The molecule has 0 amide bonds. The Labute approximate surface area is 99.2 Å². The van der Waals surface area contributed by atoms with Crippen LogP contribution < -0.4 is 0 Å². The molecule has 3 heteroatoms. The average Bonchev–Trinajstić information content (AvgIpc) is 2.56. The van der Waals surface area contributed by atoms with Crippen LogP contribution >= 0.6 is 23.4 Å². The van der Waals surface area contributed by atoms with Crippen molar-refractivity contribution in [3.8, 4) is 0 Å². The Kier molecular flexibility index (Phi) is 3.27. The first-order valence-electron chi connectivity index (χ1n) is 5.04. The predicted octanol–water partition coefficient (Wildman–Crippen LogP) is 4.46. The van der Waals surface area contributed by atoms with Crippen LogP contribution in [0.25, 0.3) is 10.9 Å². The summed E-state index contributed by atoms with van der Waals surface area (Å²) in [6, 6.07) is 8.12. The third-order valence-corrected chi connectivity index (χ3v) is 3.59. The van der Waals surface area contributed by atoms with Gasteiger partial charge in [-0.1, -0.05) is 25.4 Å². The minimum absolute atomic E-state index is 0.667. The monoisotopic (exact) mass is 239 g/mol.